The number of hydrogen-bond acceptors (Lipinski definition) is 4. The zero-order valence-corrected chi connectivity index (χ0v) is 12.2. The first-order valence-electron chi connectivity index (χ1n) is 7.34. The van der Waals surface area contributed by atoms with Crippen molar-refractivity contribution < 1.29 is 15.0 Å². The van der Waals surface area contributed by atoms with Crippen LogP contribution < -0.4 is 0 Å². The van der Waals surface area contributed by atoms with Gasteiger partial charge < -0.3 is 10.2 Å². The molecule has 22 heavy (non-hydrogen) atoms. The third-order valence-electron chi connectivity index (χ3n) is 3.87. The normalized spacial score (nSPS) is 16.2. The van der Waals surface area contributed by atoms with Crippen molar-refractivity contribution in [1.29, 1.82) is 0 Å². The van der Waals surface area contributed by atoms with Crippen LogP contribution in [-0.4, -0.2) is 44.0 Å². The van der Waals surface area contributed by atoms with E-state index in [1.807, 2.05) is 46.0 Å². The van der Waals surface area contributed by atoms with Gasteiger partial charge in [-0.25, -0.2) is 0 Å². The first-order valence-corrected chi connectivity index (χ1v) is 7.34. The molecule has 2 N–H and O–H groups in total. The molecule has 6 nitrogen and oxygen atoms in total. The Morgan fingerprint density at radius 2 is 2.05 bits per heavy atom. The molecule has 0 saturated carbocycles. The highest BCUT2D eigenvalue weighted by Crippen LogP contribution is 2.21. The average molecular weight is 301 g/mol. The number of carboxylic acid groups (broad SMARTS) is 1. The van der Waals surface area contributed by atoms with Crippen LogP contribution in [0.3, 0.4) is 0 Å². The minimum atomic E-state index is -0.822. The molecule has 2 heterocycles. The molecule has 0 bridgehead atoms. The molecule has 1 aliphatic heterocycles. The Bertz CT molecular complexity index is 654. The number of benzene rings is 1. The third-order valence-corrected chi connectivity index (χ3v) is 3.87. The summed E-state index contributed by atoms with van der Waals surface area (Å²) in [6.45, 7) is 1.90. The summed E-state index contributed by atoms with van der Waals surface area (Å²) in [7, 11) is 0. The lowest BCUT2D eigenvalue weighted by atomic mass is 10.1. The smallest absolute Gasteiger partial charge is 0.317 e. The molecule has 0 amide bonds. The van der Waals surface area contributed by atoms with Gasteiger partial charge in [0, 0.05) is 19.5 Å². The molecule has 0 saturated heterocycles. The van der Waals surface area contributed by atoms with Crippen molar-refractivity contribution in [1.82, 2.24) is 14.7 Å². The van der Waals surface area contributed by atoms with Crippen LogP contribution in [0.5, 0.6) is 0 Å². The Morgan fingerprint density at radius 3 is 2.77 bits per heavy atom. The van der Waals surface area contributed by atoms with E-state index in [0.29, 0.717) is 31.7 Å². The third kappa shape index (κ3) is 3.35. The fourth-order valence-electron chi connectivity index (χ4n) is 2.77. The number of aromatic nitrogens is 2. The van der Waals surface area contributed by atoms with Gasteiger partial charge in [0.1, 0.15) is 6.10 Å². The van der Waals surface area contributed by atoms with Crippen LogP contribution >= 0.6 is 0 Å². The van der Waals surface area contributed by atoms with Gasteiger partial charge in [-0.3, -0.25) is 14.4 Å². The molecule has 1 aliphatic rings. The summed E-state index contributed by atoms with van der Waals surface area (Å²) < 4.78 is 1.86. The van der Waals surface area contributed by atoms with E-state index in [1.165, 1.54) is 0 Å². The summed E-state index contributed by atoms with van der Waals surface area (Å²) in [6.07, 6.45) is -0.121. The van der Waals surface area contributed by atoms with Crippen molar-refractivity contribution in [3.05, 3.63) is 53.3 Å². The molecule has 0 aliphatic carbocycles. The van der Waals surface area contributed by atoms with Gasteiger partial charge in [0.2, 0.25) is 0 Å². The van der Waals surface area contributed by atoms with Gasteiger partial charge in [-0.2, -0.15) is 5.10 Å². The van der Waals surface area contributed by atoms with E-state index in [2.05, 4.69) is 5.10 Å². The highest BCUT2D eigenvalue weighted by Gasteiger charge is 2.22. The van der Waals surface area contributed by atoms with E-state index >= 15 is 0 Å². The molecule has 0 spiro atoms. The second-order valence-corrected chi connectivity index (χ2v) is 5.59. The van der Waals surface area contributed by atoms with Gasteiger partial charge in [0.25, 0.3) is 0 Å². The molecule has 116 valence electrons. The van der Waals surface area contributed by atoms with Crippen molar-refractivity contribution in [3.8, 4) is 0 Å². The lowest BCUT2D eigenvalue weighted by molar-refractivity contribution is -0.138. The number of fused-ring (bicyclic) bond motifs is 1. The molecular formula is C16H19N3O3. The monoisotopic (exact) mass is 301 g/mol. The number of carboxylic acids is 1. The first kappa shape index (κ1) is 14.7. The minimum Gasteiger partial charge on any atom is -0.480 e. The second-order valence-electron chi connectivity index (χ2n) is 5.59. The van der Waals surface area contributed by atoms with Crippen molar-refractivity contribution in [2.24, 2.45) is 0 Å². The number of nitrogens with zero attached hydrogens (tertiary/aromatic N) is 3. The molecule has 2 aromatic rings. The Labute approximate surface area is 128 Å². The molecule has 0 fully saturated rings. The molecule has 1 atom stereocenters. The quantitative estimate of drug-likeness (QED) is 0.863. The van der Waals surface area contributed by atoms with E-state index in [1.54, 1.807) is 0 Å². The van der Waals surface area contributed by atoms with Crippen LogP contribution in [0.25, 0.3) is 0 Å². The SMILES string of the molecule is O=C(O)CN1CCn2nc([C@H](O)Cc3ccccc3)cc2C1. The topological polar surface area (TPSA) is 78.6 Å². The number of hydrogen-bond donors (Lipinski definition) is 2. The van der Waals surface area contributed by atoms with E-state index in [0.717, 1.165) is 11.3 Å². The van der Waals surface area contributed by atoms with Gasteiger partial charge in [-0.1, -0.05) is 30.3 Å². The van der Waals surface area contributed by atoms with Gasteiger partial charge in [0.15, 0.2) is 0 Å². The van der Waals surface area contributed by atoms with Crippen LogP contribution in [-0.2, 0) is 24.3 Å². The highest BCUT2D eigenvalue weighted by molar-refractivity contribution is 5.69. The van der Waals surface area contributed by atoms with Gasteiger partial charge in [0.05, 0.1) is 24.5 Å². The van der Waals surface area contributed by atoms with Crippen molar-refractivity contribution in [2.45, 2.75) is 25.6 Å². The summed E-state index contributed by atoms with van der Waals surface area (Å²) >= 11 is 0. The van der Waals surface area contributed by atoms with Crippen molar-refractivity contribution in [3.63, 3.8) is 0 Å². The highest BCUT2D eigenvalue weighted by atomic mass is 16.4. The minimum absolute atomic E-state index is 0.0348. The lowest BCUT2D eigenvalue weighted by Gasteiger charge is -2.25. The van der Waals surface area contributed by atoms with Gasteiger partial charge in [-0.15, -0.1) is 0 Å². The summed E-state index contributed by atoms with van der Waals surface area (Å²) in [5, 5.41) is 23.7. The number of aliphatic hydroxyl groups excluding tert-OH is 1. The Hall–Kier alpha value is -2.18. The summed E-state index contributed by atoms with van der Waals surface area (Å²) in [5.74, 6) is -0.822. The summed E-state index contributed by atoms with van der Waals surface area (Å²) in [6, 6.07) is 11.7. The van der Waals surface area contributed by atoms with Crippen LogP contribution in [0.15, 0.2) is 36.4 Å². The summed E-state index contributed by atoms with van der Waals surface area (Å²) in [4.78, 5) is 12.7. The van der Waals surface area contributed by atoms with Gasteiger partial charge >= 0.3 is 5.97 Å². The fraction of sp³-hybridized carbons (Fsp3) is 0.375. The van der Waals surface area contributed by atoms with Gasteiger partial charge in [-0.05, 0) is 11.6 Å². The summed E-state index contributed by atoms with van der Waals surface area (Å²) in [5.41, 5.74) is 2.67. The van der Waals surface area contributed by atoms with Crippen molar-refractivity contribution in [2.75, 3.05) is 13.1 Å². The molecule has 0 radical (unpaired) electrons. The van der Waals surface area contributed by atoms with E-state index in [9.17, 15) is 9.90 Å². The molecule has 1 aromatic carbocycles. The van der Waals surface area contributed by atoms with Crippen LogP contribution in [0.1, 0.15) is 23.1 Å². The van der Waals surface area contributed by atoms with Crippen LogP contribution in [0, 0.1) is 0 Å². The van der Waals surface area contributed by atoms with Crippen LogP contribution in [0.2, 0.25) is 0 Å². The molecular weight excluding hydrogens is 282 g/mol. The number of aliphatic hydroxyl groups is 1. The standard InChI is InChI=1S/C16H19N3O3/c20-15(8-12-4-2-1-3-5-12)14-9-13-10-18(11-16(21)22)6-7-19(13)17-14/h1-5,9,15,20H,6-8,10-11H2,(H,21,22)/t15-/m1/s1. The lowest BCUT2D eigenvalue weighted by Crippen LogP contribution is -2.37. The van der Waals surface area contributed by atoms with E-state index in [-0.39, 0.29) is 6.54 Å². The number of rotatable bonds is 5. The predicted octanol–water partition coefficient (Wildman–Crippen LogP) is 1.06. The van der Waals surface area contributed by atoms with E-state index < -0.39 is 12.1 Å². The largest absolute Gasteiger partial charge is 0.480 e. The predicted molar refractivity (Wildman–Crippen MR) is 80.2 cm³/mol. The molecule has 0 unspecified atom stereocenters. The molecule has 1 aromatic heterocycles. The zero-order chi connectivity index (χ0) is 15.5. The van der Waals surface area contributed by atoms with Crippen LogP contribution in [0.4, 0.5) is 0 Å². The first-order chi connectivity index (χ1) is 10.6. The number of aliphatic carboxylic acids is 1. The zero-order valence-electron chi connectivity index (χ0n) is 12.2. The Kier molecular flexibility index (Phi) is 4.22. The maximum absolute atomic E-state index is 10.8. The van der Waals surface area contributed by atoms with E-state index in [4.69, 9.17) is 5.11 Å². The molecule has 6 heteroatoms. The average Bonchev–Trinajstić information content (AvgIpc) is 2.91. The maximum Gasteiger partial charge on any atom is 0.317 e. The Morgan fingerprint density at radius 1 is 1.27 bits per heavy atom. The molecule has 3 rings (SSSR count). The second kappa shape index (κ2) is 6.29. The maximum atomic E-state index is 10.8. The fourth-order valence-corrected chi connectivity index (χ4v) is 2.77. The number of carbonyl (C=O) groups is 1. The van der Waals surface area contributed by atoms with Crippen molar-refractivity contribution >= 4 is 5.97 Å². The Balaban J connectivity index is 1.69.